The molecule has 1 aromatic rings. The highest BCUT2D eigenvalue weighted by Crippen LogP contribution is 2.25. The van der Waals surface area contributed by atoms with Gasteiger partial charge in [0.15, 0.2) is 0 Å². The second-order valence-corrected chi connectivity index (χ2v) is 5.62. The molecule has 2 aliphatic heterocycles. The summed E-state index contributed by atoms with van der Waals surface area (Å²) in [7, 11) is 0. The van der Waals surface area contributed by atoms with Crippen LogP contribution in [0.25, 0.3) is 0 Å². The van der Waals surface area contributed by atoms with Crippen LogP contribution in [0.5, 0.6) is 0 Å². The number of nitrogens with zero attached hydrogens (tertiary/aromatic N) is 3. The number of hydrogen-bond donors (Lipinski definition) is 1. The monoisotopic (exact) mass is 246 g/mol. The Morgan fingerprint density at radius 3 is 3.11 bits per heavy atom. The van der Waals surface area contributed by atoms with Gasteiger partial charge in [-0.3, -0.25) is 9.80 Å². The number of rotatable bonds is 2. The molecule has 0 aromatic carbocycles. The van der Waals surface area contributed by atoms with Crippen molar-refractivity contribution < 1.29 is 0 Å². The zero-order chi connectivity index (χ0) is 12.5. The number of nitrogens with two attached hydrogens (primary N) is 1. The van der Waals surface area contributed by atoms with Gasteiger partial charge in [0.2, 0.25) is 0 Å². The van der Waals surface area contributed by atoms with E-state index in [9.17, 15) is 0 Å². The Morgan fingerprint density at radius 1 is 1.39 bits per heavy atom. The number of hydrogen-bond acceptors (Lipinski definition) is 4. The van der Waals surface area contributed by atoms with E-state index in [0.717, 1.165) is 18.3 Å². The number of pyridine rings is 1. The fraction of sp³-hybridized carbons (Fsp3) is 0.643. The highest BCUT2D eigenvalue weighted by Gasteiger charge is 2.34. The molecule has 0 saturated carbocycles. The average molecular weight is 246 g/mol. The van der Waals surface area contributed by atoms with Crippen molar-refractivity contribution in [3.05, 3.63) is 23.9 Å². The largest absolute Gasteiger partial charge is 0.384 e. The molecule has 2 N–H and O–H groups in total. The molecule has 2 saturated heterocycles. The van der Waals surface area contributed by atoms with Crippen molar-refractivity contribution in [2.45, 2.75) is 38.4 Å². The molecule has 0 spiro atoms. The van der Waals surface area contributed by atoms with Crippen molar-refractivity contribution in [3.63, 3.8) is 0 Å². The van der Waals surface area contributed by atoms with E-state index in [1.165, 1.54) is 32.5 Å². The molecule has 2 atom stereocenters. The lowest BCUT2D eigenvalue weighted by Crippen LogP contribution is -2.54. The topological polar surface area (TPSA) is 45.4 Å². The van der Waals surface area contributed by atoms with E-state index in [-0.39, 0.29) is 0 Å². The van der Waals surface area contributed by atoms with E-state index in [0.29, 0.717) is 11.9 Å². The van der Waals surface area contributed by atoms with Crippen LogP contribution in [0.3, 0.4) is 0 Å². The van der Waals surface area contributed by atoms with Gasteiger partial charge in [-0.15, -0.1) is 0 Å². The summed E-state index contributed by atoms with van der Waals surface area (Å²) in [6, 6.07) is 7.30. The van der Waals surface area contributed by atoms with Crippen LogP contribution in [-0.2, 0) is 6.54 Å². The maximum absolute atomic E-state index is 5.75. The van der Waals surface area contributed by atoms with Crippen molar-refractivity contribution in [3.8, 4) is 0 Å². The second-order valence-electron chi connectivity index (χ2n) is 5.62. The van der Waals surface area contributed by atoms with E-state index in [4.69, 9.17) is 5.73 Å². The first kappa shape index (κ1) is 11.9. The van der Waals surface area contributed by atoms with Gasteiger partial charge in [0.05, 0.1) is 5.69 Å². The number of aromatic nitrogens is 1. The van der Waals surface area contributed by atoms with Gasteiger partial charge >= 0.3 is 0 Å². The highest BCUT2D eigenvalue weighted by atomic mass is 15.3. The molecule has 18 heavy (non-hydrogen) atoms. The minimum Gasteiger partial charge on any atom is -0.384 e. The lowest BCUT2D eigenvalue weighted by Gasteiger charge is -2.42. The van der Waals surface area contributed by atoms with E-state index in [1.54, 1.807) is 0 Å². The van der Waals surface area contributed by atoms with Crippen LogP contribution in [0, 0.1) is 0 Å². The van der Waals surface area contributed by atoms with E-state index in [2.05, 4.69) is 27.8 Å². The Hall–Kier alpha value is -1.13. The van der Waals surface area contributed by atoms with Gasteiger partial charge < -0.3 is 5.73 Å². The fourth-order valence-electron chi connectivity index (χ4n) is 3.26. The Balaban J connectivity index is 1.68. The normalized spacial score (nSPS) is 29.4. The van der Waals surface area contributed by atoms with Crippen LogP contribution in [0.1, 0.15) is 25.5 Å². The number of nitrogen functional groups attached to an aromatic ring is 1. The lowest BCUT2D eigenvalue weighted by molar-refractivity contribution is 0.0532. The van der Waals surface area contributed by atoms with Gasteiger partial charge in [0.25, 0.3) is 0 Å². The van der Waals surface area contributed by atoms with Gasteiger partial charge in [-0.05, 0) is 38.4 Å². The Morgan fingerprint density at radius 2 is 2.28 bits per heavy atom. The third-order valence-corrected chi connectivity index (χ3v) is 4.26. The maximum Gasteiger partial charge on any atom is 0.123 e. The molecule has 2 fully saturated rings. The molecule has 98 valence electrons. The van der Waals surface area contributed by atoms with Crippen LogP contribution in [0.2, 0.25) is 0 Å². The van der Waals surface area contributed by atoms with Crippen LogP contribution >= 0.6 is 0 Å². The molecule has 4 heteroatoms. The number of piperazine rings is 1. The molecule has 1 aromatic heterocycles. The molecular formula is C14H22N4. The summed E-state index contributed by atoms with van der Waals surface area (Å²) >= 11 is 0. The lowest BCUT2D eigenvalue weighted by atomic mass is 10.1. The van der Waals surface area contributed by atoms with Crippen molar-refractivity contribution >= 4 is 5.82 Å². The molecule has 2 unspecified atom stereocenters. The fourth-order valence-corrected chi connectivity index (χ4v) is 3.26. The summed E-state index contributed by atoms with van der Waals surface area (Å²) in [6.45, 7) is 6.92. The van der Waals surface area contributed by atoms with Crippen LogP contribution in [0.4, 0.5) is 5.82 Å². The van der Waals surface area contributed by atoms with Crippen molar-refractivity contribution in [1.82, 2.24) is 14.8 Å². The minimum absolute atomic E-state index is 0.614. The van der Waals surface area contributed by atoms with E-state index < -0.39 is 0 Å². The van der Waals surface area contributed by atoms with Gasteiger partial charge in [-0.2, -0.15) is 0 Å². The zero-order valence-electron chi connectivity index (χ0n) is 11.0. The van der Waals surface area contributed by atoms with Crippen molar-refractivity contribution in [2.75, 3.05) is 25.4 Å². The van der Waals surface area contributed by atoms with Gasteiger partial charge in [0.1, 0.15) is 5.82 Å². The third kappa shape index (κ3) is 2.35. The molecule has 3 heterocycles. The quantitative estimate of drug-likeness (QED) is 0.855. The Labute approximate surface area is 109 Å². The van der Waals surface area contributed by atoms with E-state index >= 15 is 0 Å². The van der Waals surface area contributed by atoms with Crippen molar-refractivity contribution in [2.24, 2.45) is 0 Å². The van der Waals surface area contributed by atoms with Crippen molar-refractivity contribution in [1.29, 1.82) is 0 Å². The maximum atomic E-state index is 5.75. The molecule has 0 aliphatic carbocycles. The Kier molecular flexibility index (Phi) is 3.22. The number of fused-ring (bicyclic) bond motifs is 1. The summed E-state index contributed by atoms with van der Waals surface area (Å²) in [5.41, 5.74) is 6.84. The molecular weight excluding hydrogens is 224 g/mol. The SMILES string of the molecule is CC1CN2CCCC2CN1Cc1cccc(N)n1. The van der Waals surface area contributed by atoms with Crippen LogP contribution < -0.4 is 5.73 Å². The third-order valence-electron chi connectivity index (χ3n) is 4.26. The van der Waals surface area contributed by atoms with Crippen LogP contribution in [-0.4, -0.2) is 46.5 Å². The summed E-state index contributed by atoms with van der Waals surface area (Å²) < 4.78 is 0. The zero-order valence-corrected chi connectivity index (χ0v) is 11.0. The summed E-state index contributed by atoms with van der Waals surface area (Å²) in [4.78, 5) is 9.61. The average Bonchev–Trinajstić information content (AvgIpc) is 2.76. The smallest absolute Gasteiger partial charge is 0.123 e. The highest BCUT2D eigenvalue weighted by molar-refractivity contribution is 5.28. The van der Waals surface area contributed by atoms with Crippen LogP contribution in [0.15, 0.2) is 18.2 Å². The first-order chi connectivity index (χ1) is 8.72. The predicted molar refractivity (Wildman–Crippen MR) is 73.1 cm³/mol. The van der Waals surface area contributed by atoms with Gasteiger partial charge in [0, 0.05) is 31.7 Å². The minimum atomic E-state index is 0.614. The first-order valence-corrected chi connectivity index (χ1v) is 6.92. The van der Waals surface area contributed by atoms with E-state index in [1.807, 2.05) is 12.1 Å². The molecule has 0 amide bonds. The summed E-state index contributed by atoms with van der Waals surface area (Å²) in [5, 5.41) is 0. The molecule has 3 rings (SSSR count). The summed E-state index contributed by atoms with van der Waals surface area (Å²) in [5.74, 6) is 0.625. The van der Waals surface area contributed by atoms with Gasteiger partial charge in [-0.25, -0.2) is 4.98 Å². The summed E-state index contributed by atoms with van der Waals surface area (Å²) in [6.07, 6.45) is 2.72. The predicted octanol–water partition coefficient (Wildman–Crippen LogP) is 1.33. The number of anilines is 1. The molecule has 4 nitrogen and oxygen atoms in total. The first-order valence-electron chi connectivity index (χ1n) is 6.92. The Bertz CT molecular complexity index is 420. The standard InChI is InChI=1S/C14H22N4/c1-11-8-17-7-3-5-13(17)10-18(11)9-12-4-2-6-14(15)16-12/h2,4,6,11,13H,3,5,7-10H2,1H3,(H2,15,16). The molecule has 0 radical (unpaired) electrons. The van der Waals surface area contributed by atoms with Gasteiger partial charge in [-0.1, -0.05) is 6.07 Å². The molecule has 2 aliphatic rings. The molecule has 0 bridgehead atoms. The second kappa shape index (κ2) is 4.86.